The van der Waals surface area contributed by atoms with Crippen molar-refractivity contribution in [3.8, 4) is 5.88 Å². The lowest BCUT2D eigenvalue weighted by atomic mass is 10.2. The monoisotopic (exact) mass is 362 g/mol. The summed E-state index contributed by atoms with van der Waals surface area (Å²) in [5.41, 5.74) is 0.798. The van der Waals surface area contributed by atoms with Gasteiger partial charge in [-0.3, -0.25) is 4.79 Å². The highest BCUT2D eigenvalue weighted by Crippen LogP contribution is 2.22. The van der Waals surface area contributed by atoms with E-state index in [0.717, 1.165) is 30.8 Å². The summed E-state index contributed by atoms with van der Waals surface area (Å²) < 4.78 is 9.80. The van der Waals surface area contributed by atoms with E-state index in [-0.39, 0.29) is 12.0 Å². The van der Waals surface area contributed by atoms with Crippen LogP contribution in [0.5, 0.6) is 5.88 Å². The zero-order valence-corrected chi connectivity index (χ0v) is 15.5. The van der Waals surface area contributed by atoms with Crippen LogP contribution in [-0.2, 0) is 6.42 Å². The lowest BCUT2D eigenvalue weighted by Crippen LogP contribution is -2.31. The van der Waals surface area contributed by atoms with Crippen LogP contribution in [-0.4, -0.2) is 63.9 Å². The number of ether oxygens (including phenoxy) is 1. The van der Waals surface area contributed by atoms with Gasteiger partial charge in [-0.2, -0.15) is 0 Å². The third-order valence-electron chi connectivity index (χ3n) is 4.04. The van der Waals surface area contributed by atoms with Gasteiger partial charge in [-0.1, -0.05) is 17.8 Å². The van der Waals surface area contributed by atoms with Gasteiger partial charge in [0, 0.05) is 33.1 Å². The quantitative estimate of drug-likeness (QED) is 0.772. The standard InChI is InChI=1S/C16H22N6O2S/c1-4-5-12-15(25-20-17-12)16(23)22-9-8-11(10-22)24-14-7-6-13(18-19-14)21(2)3/h6-7,11H,4-5,8-10H2,1-3H3/t11-/m1/s1. The Morgan fingerprint density at radius 1 is 1.36 bits per heavy atom. The molecule has 8 nitrogen and oxygen atoms in total. The largest absolute Gasteiger partial charge is 0.471 e. The van der Waals surface area contributed by atoms with Gasteiger partial charge in [-0.15, -0.1) is 15.3 Å². The smallest absolute Gasteiger partial charge is 0.267 e. The molecule has 2 aromatic rings. The molecule has 0 radical (unpaired) electrons. The fraction of sp³-hybridized carbons (Fsp3) is 0.562. The topological polar surface area (TPSA) is 84.3 Å². The number of nitrogens with zero attached hydrogens (tertiary/aromatic N) is 6. The number of amides is 1. The Balaban J connectivity index is 1.59. The number of aryl methyl sites for hydroxylation is 1. The molecule has 1 atom stereocenters. The zero-order chi connectivity index (χ0) is 17.8. The lowest BCUT2D eigenvalue weighted by Gasteiger charge is -2.16. The first kappa shape index (κ1) is 17.5. The van der Waals surface area contributed by atoms with Crippen LogP contribution in [0.3, 0.4) is 0 Å². The molecule has 1 aliphatic rings. The number of carbonyl (C=O) groups is 1. The van der Waals surface area contributed by atoms with E-state index in [1.165, 1.54) is 11.5 Å². The van der Waals surface area contributed by atoms with E-state index in [9.17, 15) is 4.79 Å². The summed E-state index contributed by atoms with van der Waals surface area (Å²) in [6.07, 6.45) is 2.43. The SMILES string of the molecule is CCCc1nnsc1C(=O)N1CC[C@@H](Oc2ccc(N(C)C)nn2)C1. The van der Waals surface area contributed by atoms with Gasteiger partial charge in [0.15, 0.2) is 5.82 Å². The summed E-state index contributed by atoms with van der Waals surface area (Å²) in [6.45, 7) is 3.27. The van der Waals surface area contributed by atoms with E-state index in [1.807, 2.05) is 25.1 Å². The van der Waals surface area contributed by atoms with Crippen LogP contribution in [0.2, 0.25) is 0 Å². The summed E-state index contributed by atoms with van der Waals surface area (Å²) >= 11 is 1.17. The summed E-state index contributed by atoms with van der Waals surface area (Å²) in [5, 5.41) is 12.3. The van der Waals surface area contributed by atoms with Gasteiger partial charge in [0.25, 0.3) is 5.91 Å². The first-order chi connectivity index (χ1) is 12.1. The molecule has 9 heteroatoms. The molecule has 0 unspecified atom stereocenters. The molecule has 3 rings (SSSR count). The van der Waals surface area contributed by atoms with Crippen molar-refractivity contribution >= 4 is 23.3 Å². The lowest BCUT2D eigenvalue weighted by molar-refractivity contribution is 0.0774. The molecule has 0 spiro atoms. The maximum Gasteiger partial charge on any atom is 0.267 e. The first-order valence-corrected chi connectivity index (χ1v) is 9.14. The third kappa shape index (κ3) is 4.04. The fourth-order valence-electron chi connectivity index (χ4n) is 2.71. The molecular formula is C16H22N6O2S. The van der Waals surface area contributed by atoms with Gasteiger partial charge in [0.05, 0.1) is 12.2 Å². The van der Waals surface area contributed by atoms with E-state index in [1.54, 1.807) is 11.0 Å². The van der Waals surface area contributed by atoms with Gasteiger partial charge < -0.3 is 14.5 Å². The average molecular weight is 362 g/mol. The van der Waals surface area contributed by atoms with Crippen LogP contribution in [0.25, 0.3) is 0 Å². The second kappa shape index (κ2) is 7.73. The number of hydrogen-bond donors (Lipinski definition) is 0. The van der Waals surface area contributed by atoms with E-state index < -0.39 is 0 Å². The minimum atomic E-state index is -0.0704. The molecule has 2 aromatic heterocycles. The van der Waals surface area contributed by atoms with Crippen molar-refractivity contribution in [3.05, 3.63) is 22.7 Å². The first-order valence-electron chi connectivity index (χ1n) is 8.36. The maximum atomic E-state index is 12.7. The van der Waals surface area contributed by atoms with Crippen LogP contribution in [0.4, 0.5) is 5.82 Å². The Bertz CT molecular complexity index is 718. The van der Waals surface area contributed by atoms with Gasteiger partial charge >= 0.3 is 0 Å². The Morgan fingerprint density at radius 2 is 2.20 bits per heavy atom. The minimum absolute atomic E-state index is 0.00131. The molecule has 25 heavy (non-hydrogen) atoms. The number of aromatic nitrogens is 4. The molecule has 0 aliphatic carbocycles. The highest BCUT2D eigenvalue weighted by atomic mass is 32.1. The number of carbonyl (C=O) groups excluding carboxylic acids is 1. The molecular weight excluding hydrogens is 340 g/mol. The fourth-order valence-corrected chi connectivity index (χ4v) is 3.39. The molecule has 1 amide bonds. The molecule has 0 saturated carbocycles. The summed E-state index contributed by atoms with van der Waals surface area (Å²) in [7, 11) is 3.82. The number of anilines is 1. The summed E-state index contributed by atoms with van der Waals surface area (Å²) in [5.74, 6) is 1.26. The average Bonchev–Trinajstić information content (AvgIpc) is 3.25. The normalized spacial score (nSPS) is 16.9. The van der Waals surface area contributed by atoms with Crippen LogP contribution < -0.4 is 9.64 Å². The Labute approximate surface area is 151 Å². The van der Waals surface area contributed by atoms with E-state index in [2.05, 4.69) is 26.7 Å². The van der Waals surface area contributed by atoms with Crippen molar-refractivity contribution in [2.75, 3.05) is 32.1 Å². The number of rotatable bonds is 6. The van der Waals surface area contributed by atoms with Crippen molar-refractivity contribution < 1.29 is 9.53 Å². The summed E-state index contributed by atoms with van der Waals surface area (Å²) in [4.78, 5) is 17.0. The van der Waals surface area contributed by atoms with Gasteiger partial charge in [0.1, 0.15) is 11.0 Å². The van der Waals surface area contributed by atoms with E-state index in [4.69, 9.17) is 4.74 Å². The van der Waals surface area contributed by atoms with Crippen molar-refractivity contribution in [3.63, 3.8) is 0 Å². The maximum absolute atomic E-state index is 12.7. The van der Waals surface area contributed by atoms with Crippen molar-refractivity contribution in [2.45, 2.75) is 32.3 Å². The van der Waals surface area contributed by atoms with Crippen molar-refractivity contribution in [1.29, 1.82) is 0 Å². The molecule has 0 bridgehead atoms. The van der Waals surface area contributed by atoms with Crippen LogP contribution >= 0.6 is 11.5 Å². The van der Waals surface area contributed by atoms with Gasteiger partial charge in [-0.05, 0) is 24.0 Å². The van der Waals surface area contributed by atoms with Gasteiger partial charge in [-0.25, -0.2) is 0 Å². The highest BCUT2D eigenvalue weighted by molar-refractivity contribution is 7.08. The minimum Gasteiger partial charge on any atom is -0.471 e. The van der Waals surface area contributed by atoms with Crippen LogP contribution in [0.1, 0.15) is 35.1 Å². The number of likely N-dealkylation sites (tertiary alicyclic amines) is 1. The predicted octanol–water partition coefficient (Wildman–Crippen LogP) is 1.64. The Hall–Kier alpha value is -2.29. The molecule has 0 aromatic carbocycles. The zero-order valence-electron chi connectivity index (χ0n) is 14.7. The van der Waals surface area contributed by atoms with E-state index >= 15 is 0 Å². The highest BCUT2D eigenvalue weighted by Gasteiger charge is 2.31. The Morgan fingerprint density at radius 3 is 2.88 bits per heavy atom. The number of hydrogen-bond acceptors (Lipinski definition) is 8. The molecule has 1 fully saturated rings. The van der Waals surface area contributed by atoms with Crippen molar-refractivity contribution in [1.82, 2.24) is 24.7 Å². The summed E-state index contributed by atoms with van der Waals surface area (Å²) in [6, 6.07) is 3.67. The van der Waals surface area contributed by atoms with Crippen LogP contribution in [0, 0.1) is 0 Å². The Kier molecular flexibility index (Phi) is 5.42. The molecule has 3 heterocycles. The second-order valence-electron chi connectivity index (χ2n) is 6.20. The second-order valence-corrected chi connectivity index (χ2v) is 6.96. The van der Waals surface area contributed by atoms with E-state index in [0.29, 0.717) is 23.8 Å². The van der Waals surface area contributed by atoms with Crippen LogP contribution in [0.15, 0.2) is 12.1 Å². The molecule has 0 N–H and O–H groups in total. The van der Waals surface area contributed by atoms with Crippen molar-refractivity contribution in [2.24, 2.45) is 0 Å². The molecule has 1 aliphatic heterocycles. The van der Waals surface area contributed by atoms with Gasteiger partial charge in [0.2, 0.25) is 5.88 Å². The molecule has 1 saturated heterocycles. The predicted molar refractivity (Wildman–Crippen MR) is 95.2 cm³/mol. The molecule has 134 valence electrons. The third-order valence-corrected chi connectivity index (χ3v) is 4.80.